The van der Waals surface area contributed by atoms with Crippen molar-refractivity contribution in [2.24, 2.45) is 5.92 Å². The lowest BCUT2D eigenvalue weighted by Gasteiger charge is -2.13. The minimum Gasteiger partial charge on any atom is -0.383 e. The monoisotopic (exact) mass is 317 g/mol. The zero-order valence-corrected chi connectivity index (χ0v) is 12.6. The summed E-state index contributed by atoms with van der Waals surface area (Å²) in [6, 6.07) is 4.85. The van der Waals surface area contributed by atoms with E-state index in [2.05, 4.69) is 28.2 Å². The largest absolute Gasteiger partial charge is 0.383 e. The van der Waals surface area contributed by atoms with Crippen LogP contribution in [0, 0.1) is 11.7 Å². The highest BCUT2D eigenvalue weighted by atomic mass is 79.9. The topological polar surface area (TPSA) is 21.3 Å². The SMILES string of the molecule is COCCNCC(C)CCc1cc(F)ccc1Br. The molecule has 1 unspecified atom stereocenters. The first-order valence-electron chi connectivity index (χ1n) is 6.27. The number of hydrogen-bond donors (Lipinski definition) is 1. The van der Waals surface area contributed by atoms with Crippen LogP contribution in [-0.2, 0) is 11.2 Å². The van der Waals surface area contributed by atoms with E-state index in [0.717, 1.165) is 42.6 Å². The molecule has 0 fully saturated rings. The van der Waals surface area contributed by atoms with Crippen LogP contribution in [0.25, 0.3) is 0 Å². The predicted octanol–water partition coefficient (Wildman–Crippen LogP) is 3.39. The fraction of sp³-hybridized carbons (Fsp3) is 0.571. The summed E-state index contributed by atoms with van der Waals surface area (Å²) in [4.78, 5) is 0. The molecule has 0 heterocycles. The first kappa shape index (κ1) is 15.6. The van der Waals surface area contributed by atoms with Gasteiger partial charge in [0.2, 0.25) is 0 Å². The minimum absolute atomic E-state index is 0.168. The molecule has 2 nitrogen and oxygen atoms in total. The highest BCUT2D eigenvalue weighted by molar-refractivity contribution is 9.10. The number of halogens is 2. The van der Waals surface area contributed by atoms with Crippen LogP contribution in [0.5, 0.6) is 0 Å². The molecule has 1 aromatic carbocycles. The van der Waals surface area contributed by atoms with E-state index in [9.17, 15) is 4.39 Å². The fourth-order valence-corrected chi connectivity index (χ4v) is 2.21. The highest BCUT2D eigenvalue weighted by Gasteiger charge is 2.06. The summed E-state index contributed by atoms with van der Waals surface area (Å²) in [6.07, 6.45) is 1.94. The van der Waals surface area contributed by atoms with Gasteiger partial charge in [-0.1, -0.05) is 22.9 Å². The van der Waals surface area contributed by atoms with Gasteiger partial charge in [0, 0.05) is 18.1 Å². The molecule has 0 aliphatic rings. The molecule has 0 radical (unpaired) electrons. The van der Waals surface area contributed by atoms with Crippen molar-refractivity contribution in [1.29, 1.82) is 0 Å². The molecule has 0 amide bonds. The van der Waals surface area contributed by atoms with Crippen LogP contribution >= 0.6 is 15.9 Å². The standard InChI is InChI=1S/C14H21BrFNO/c1-11(10-17-7-8-18-2)3-4-12-9-13(16)5-6-14(12)15/h5-6,9,11,17H,3-4,7-8,10H2,1-2H3. The number of methoxy groups -OCH3 is 1. The number of benzene rings is 1. The van der Waals surface area contributed by atoms with Crippen molar-refractivity contribution in [2.45, 2.75) is 19.8 Å². The van der Waals surface area contributed by atoms with Gasteiger partial charge >= 0.3 is 0 Å². The predicted molar refractivity (Wildman–Crippen MR) is 76.3 cm³/mol. The van der Waals surface area contributed by atoms with Crippen molar-refractivity contribution in [3.63, 3.8) is 0 Å². The van der Waals surface area contributed by atoms with Crippen LogP contribution in [0.1, 0.15) is 18.9 Å². The number of rotatable bonds is 8. The summed E-state index contributed by atoms with van der Waals surface area (Å²) >= 11 is 3.45. The lowest BCUT2D eigenvalue weighted by molar-refractivity contribution is 0.198. The smallest absolute Gasteiger partial charge is 0.123 e. The molecule has 4 heteroatoms. The van der Waals surface area contributed by atoms with Gasteiger partial charge in [-0.3, -0.25) is 0 Å². The van der Waals surface area contributed by atoms with Crippen molar-refractivity contribution in [3.8, 4) is 0 Å². The molecule has 0 saturated heterocycles. The zero-order valence-electron chi connectivity index (χ0n) is 11.0. The first-order valence-corrected chi connectivity index (χ1v) is 7.06. The maximum atomic E-state index is 13.1. The Bertz CT molecular complexity index is 360. The molecule has 0 bridgehead atoms. The Hall–Kier alpha value is -0.450. The second-order valence-corrected chi connectivity index (χ2v) is 5.43. The highest BCUT2D eigenvalue weighted by Crippen LogP contribution is 2.20. The lowest BCUT2D eigenvalue weighted by Crippen LogP contribution is -2.25. The molecule has 0 saturated carbocycles. The number of ether oxygens (including phenoxy) is 1. The quantitative estimate of drug-likeness (QED) is 0.742. The van der Waals surface area contributed by atoms with Crippen LogP contribution in [0.4, 0.5) is 4.39 Å². The Morgan fingerprint density at radius 2 is 2.22 bits per heavy atom. The zero-order chi connectivity index (χ0) is 13.4. The summed E-state index contributed by atoms with van der Waals surface area (Å²) in [6.45, 7) is 4.79. The van der Waals surface area contributed by atoms with Crippen LogP contribution in [-0.4, -0.2) is 26.8 Å². The summed E-state index contributed by atoms with van der Waals surface area (Å²) in [5.74, 6) is 0.399. The summed E-state index contributed by atoms with van der Waals surface area (Å²) in [5.41, 5.74) is 1.04. The van der Waals surface area contributed by atoms with Gasteiger partial charge in [-0.25, -0.2) is 4.39 Å². The van der Waals surface area contributed by atoms with Crippen molar-refractivity contribution < 1.29 is 9.13 Å². The normalized spacial score (nSPS) is 12.7. The molecule has 102 valence electrons. The number of hydrogen-bond acceptors (Lipinski definition) is 2. The average molecular weight is 318 g/mol. The summed E-state index contributed by atoms with van der Waals surface area (Å²) in [7, 11) is 1.70. The van der Waals surface area contributed by atoms with E-state index in [4.69, 9.17) is 4.74 Å². The Morgan fingerprint density at radius 3 is 2.94 bits per heavy atom. The Labute approximate surface area is 117 Å². The molecule has 1 N–H and O–H groups in total. The van der Waals surface area contributed by atoms with E-state index < -0.39 is 0 Å². The number of aryl methyl sites for hydroxylation is 1. The van der Waals surface area contributed by atoms with Crippen LogP contribution in [0.2, 0.25) is 0 Å². The first-order chi connectivity index (χ1) is 8.63. The van der Waals surface area contributed by atoms with Crippen molar-refractivity contribution in [2.75, 3.05) is 26.8 Å². The van der Waals surface area contributed by atoms with E-state index in [1.54, 1.807) is 19.2 Å². The van der Waals surface area contributed by atoms with Gasteiger partial charge in [-0.2, -0.15) is 0 Å². The van der Waals surface area contributed by atoms with Gasteiger partial charge in [0.15, 0.2) is 0 Å². The van der Waals surface area contributed by atoms with E-state index >= 15 is 0 Å². The van der Waals surface area contributed by atoms with Gasteiger partial charge in [0.05, 0.1) is 6.61 Å². The van der Waals surface area contributed by atoms with Crippen LogP contribution in [0.3, 0.4) is 0 Å². The Balaban J connectivity index is 2.29. The maximum Gasteiger partial charge on any atom is 0.123 e. The van der Waals surface area contributed by atoms with E-state index in [-0.39, 0.29) is 5.82 Å². The van der Waals surface area contributed by atoms with Crippen molar-refractivity contribution >= 4 is 15.9 Å². The van der Waals surface area contributed by atoms with E-state index in [0.29, 0.717) is 5.92 Å². The van der Waals surface area contributed by atoms with E-state index in [1.165, 1.54) is 6.07 Å². The van der Waals surface area contributed by atoms with Gasteiger partial charge in [-0.05, 0) is 49.1 Å². The second kappa shape index (κ2) is 8.62. The molecule has 1 rings (SSSR count). The third-order valence-electron chi connectivity index (χ3n) is 2.89. The number of nitrogens with one attached hydrogen (secondary N) is 1. The maximum absolute atomic E-state index is 13.1. The molecular formula is C14H21BrFNO. The lowest BCUT2D eigenvalue weighted by atomic mass is 10.0. The Morgan fingerprint density at radius 1 is 1.44 bits per heavy atom. The average Bonchev–Trinajstić information content (AvgIpc) is 2.36. The minimum atomic E-state index is -0.168. The third kappa shape index (κ3) is 5.94. The molecule has 0 aliphatic heterocycles. The molecule has 1 atom stereocenters. The van der Waals surface area contributed by atoms with E-state index in [1.807, 2.05) is 0 Å². The Kier molecular flexibility index (Phi) is 7.47. The fourth-order valence-electron chi connectivity index (χ4n) is 1.76. The van der Waals surface area contributed by atoms with Crippen LogP contribution < -0.4 is 5.32 Å². The van der Waals surface area contributed by atoms with Crippen LogP contribution in [0.15, 0.2) is 22.7 Å². The molecule has 0 aromatic heterocycles. The van der Waals surface area contributed by atoms with Gasteiger partial charge < -0.3 is 10.1 Å². The van der Waals surface area contributed by atoms with Gasteiger partial charge in [0.25, 0.3) is 0 Å². The molecule has 0 aliphatic carbocycles. The van der Waals surface area contributed by atoms with Gasteiger partial charge in [0.1, 0.15) is 5.82 Å². The van der Waals surface area contributed by atoms with Gasteiger partial charge in [-0.15, -0.1) is 0 Å². The molecular weight excluding hydrogens is 297 g/mol. The molecule has 0 spiro atoms. The summed E-state index contributed by atoms with van der Waals surface area (Å²) in [5, 5.41) is 3.34. The second-order valence-electron chi connectivity index (χ2n) is 4.58. The van der Waals surface area contributed by atoms with Crippen molar-refractivity contribution in [1.82, 2.24) is 5.32 Å². The summed E-state index contributed by atoms with van der Waals surface area (Å²) < 4.78 is 19.1. The van der Waals surface area contributed by atoms with Crippen molar-refractivity contribution in [3.05, 3.63) is 34.1 Å². The molecule has 1 aromatic rings. The molecule has 18 heavy (non-hydrogen) atoms. The third-order valence-corrected chi connectivity index (χ3v) is 3.66.